The number of hydrogen-bond acceptors (Lipinski definition) is 3. The van der Waals surface area contributed by atoms with Crippen LogP contribution >= 0.6 is 0 Å². The Hall–Kier alpha value is -2.14. The van der Waals surface area contributed by atoms with Gasteiger partial charge in [-0.3, -0.25) is 4.79 Å². The molecular weight excluding hydrogens is 252 g/mol. The second-order valence-electron chi connectivity index (χ2n) is 5.03. The van der Waals surface area contributed by atoms with E-state index in [1.807, 2.05) is 32.0 Å². The van der Waals surface area contributed by atoms with Gasteiger partial charge in [-0.15, -0.1) is 0 Å². The zero-order valence-corrected chi connectivity index (χ0v) is 11.8. The fraction of sp³-hybridized carbons (Fsp3) is 0.333. The minimum Gasteiger partial charge on any atom is -0.345 e. The van der Waals surface area contributed by atoms with E-state index in [4.69, 9.17) is 5.73 Å². The minimum absolute atomic E-state index is 0.0120. The average Bonchev–Trinajstić information content (AvgIpc) is 2.93. The number of aromatic nitrogens is 2. The average molecular weight is 272 g/mol. The molecule has 2 aromatic rings. The molecule has 5 nitrogen and oxygen atoms in total. The first-order chi connectivity index (χ1) is 9.56. The maximum Gasteiger partial charge on any atom is 0.224 e. The van der Waals surface area contributed by atoms with Gasteiger partial charge in [-0.25, -0.2) is 4.98 Å². The predicted molar refractivity (Wildman–Crippen MR) is 80.3 cm³/mol. The van der Waals surface area contributed by atoms with Gasteiger partial charge in [0.25, 0.3) is 0 Å². The maximum absolute atomic E-state index is 11.9. The van der Waals surface area contributed by atoms with Crippen molar-refractivity contribution in [3.05, 3.63) is 36.2 Å². The van der Waals surface area contributed by atoms with Crippen molar-refractivity contribution in [1.29, 1.82) is 0 Å². The molecule has 2 rings (SSSR count). The lowest BCUT2D eigenvalue weighted by Crippen LogP contribution is -2.19. The molecule has 4 N–H and O–H groups in total. The van der Waals surface area contributed by atoms with Crippen LogP contribution in [0.15, 0.2) is 30.6 Å². The number of rotatable bonds is 5. The highest BCUT2D eigenvalue weighted by Crippen LogP contribution is 2.23. The molecule has 0 fully saturated rings. The van der Waals surface area contributed by atoms with E-state index in [1.165, 1.54) is 0 Å². The van der Waals surface area contributed by atoms with Gasteiger partial charge in [0, 0.05) is 36.1 Å². The van der Waals surface area contributed by atoms with Crippen LogP contribution in [0, 0.1) is 6.92 Å². The Labute approximate surface area is 118 Å². The Kier molecular flexibility index (Phi) is 4.53. The third-order valence-corrected chi connectivity index (χ3v) is 3.11. The van der Waals surface area contributed by atoms with Crippen molar-refractivity contribution >= 4 is 11.6 Å². The summed E-state index contributed by atoms with van der Waals surface area (Å²) in [6.45, 7) is 3.86. The molecule has 0 aliphatic carbocycles. The smallest absolute Gasteiger partial charge is 0.224 e. The zero-order chi connectivity index (χ0) is 14.5. The van der Waals surface area contributed by atoms with Crippen molar-refractivity contribution in [3.8, 4) is 11.4 Å². The summed E-state index contributed by atoms with van der Waals surface area (Å²) >= 11 is 0. The fourth-order valence-corrected chi connectivity index (χ4v) is 1.90. The van der Waals surface area contributed by atoms with Crippen molar-refractivity contribution < 1.29 is 4.79 Å². The largest absolute Gasteiger partial charge is 0.345 e. The summed E-state index contributed by atoms with van der Waals surface area (Å²) in [5.41, 5.74) is 8.44. The quantitative estimate of drug-likeness (QED) is 0.781. The van der Waals surface area contributed by atoms with E-state index in [-0.39, 0.29) is 11.9 Å². The van der Waals surface area contributed by atoms with E-state index in [2.05, 4.69) is 15.3 Å². The Bertz CT molecular complexity index is 576. The Morgan fingerprint density at radius 2 is 2.30 bits per heavy atom. The maximum atomic E-state index is 11.9. The van der Waals surface area contributed by atoms with Crippen molar-refractivity contribution in [3.63, 3.8) is 0 Å². The second kappa shape index (κ2) is 6.34. The van der Waals surface area contributed by atoms with Crippen LogP contribution in [-0.4, -0.2) is 21.9 Å². The van der Waals surface area contributed by atoms with E-state index in [0.29, 0.717) is 12.8 Å². The molecule has 1 heterocycles. The SMILES string of the molecule is Cc1ccc(-c2ncc[nH]2)cc1NC(=O)CCC(C)N. The summed E-state index contributed by atoms with van der Waals surface area (Å²) in [5, 5.41) is 2.93. The number of aromatic amines is 1. The van der Waals surface area contributed by atoms with Crippen LogP contribution in [0.3, 0.4) is 0 Å². The number of H-pyrrole nitrogens is 1. The molecule has 1 aromatic heterocycles. The minimum atomic E-state index is -0.0120. The van der Waals surface area contributed by atoms with Gasteiger partial charge in [0.05, 0.1) is 0 Å². The van der Waals surface area contributed by atoms with Gasteiger partial charge in [0.15, 0.2) is 0 Å². The molecule has 1 unspecified atom stereocenters. The number of carbonyl (C=O) groups excluding carboxylic acids is 1. The monoisotopic (exact) mass is 272 g/mol. The topological polar surface area (TPSA) is 83.8 Å². The van der Waals surface area contributed by atoms with Crippen LogP contribution < -0.4 is 11.1 Å². The molecule has 0 aliphatic heterocycles. The molecule has 0 saturated carbocycles. The zero-order valence-electron chi connectivity index (χ0n) is 11.8. The van der Waals surface area contributed by atoms with Crippen LogP contribution in [0.5, 0.6) is 0 Å². The van der Waals surface area contributed by atoms with Crippen molar-refractivity contribution in [2.45, 2.75) is 32.7 Å². The summed E-state index contributed by atoms with van der Waals surface area (Å²) < 4.78 is 0. The lowest BCUT2D eigenvalue weighted by atomic mass is 10.1. The Morgan fingerprint density at radius 3 is 2.95 bits per heavy atom. The third kappa shape index (κ3) is 3.68. The summed E-state index contributed by atoms with van der Waals surface area (Å²) in [4.78, 5) is 19.1. The fourth-order valence-electron chi connectivity index (χ4n) is 1.90. The van der Waals surface area contributed by atoms with Crippen LogP contribution in [0.4, 0.5) is 5.69 Å². The molecule has 0 bridgehead atoms. The number of anilines is 1. The molecule has 0 saturated heterocycles. The Balaban J connectivity index is 2.11. The van der Waals surface area contributed by atoms with Crippen molar-refractivity contribution in [1.82, 2.24) is 9.97 Å². The lowest BCUT2D eigenvalue weighted by Gasteiger charge is -2.10. The highest BCUT2D eigenvalue weighted by Gasteiger charge is 2.08. The van der Waals surface area contributed by atoms with Crippen molar-refractivity contribution in [2.24, 2.45) is 5.73 Å². The Morgan fingerprint density at radius 1 is 1.50 bits per heavy atom. The third-order valence-electron chi connectivity index (χ3n) is 3.11. The molecule has 5 heteroatoms. The number of imidazole rings is 1. The van der Waals surface area contributed by atoms with Crippen molar-refractivity contribution in [2.75, 3.05) is 5.32 Å². The first-order valence-corrected chi connectivity index (χ1v) is 6.72. The number of amides is 1. The van der Waals surface area contributed by atoms with Gasteiger partial charge in [-0.05, 0) is 31.9 Å². The van der Waals surface area contributed by atoms with Crippen LogP contribution in [-0.2, 0) is 4.79 Å². The van der Waals surface area contributed by atoms with E-state index in [9.17, 15) is 4.79 Å². The van der Waals surface area contributed by atoms with E-state index in [1.54, 1.807) is 12.4 Å². The van der Waals surface area contributed by atoms with Crippen LogP contribution in [0.2, 0.25) is 0 Å². The number of nitrogens with two attached hydrogens (primary N) is 1. The standard InChI is InChI=1S/C15H20N4O/c1-10-3-5-12(15-17-7-8-18-15)9-13(10)19-14(20)6-4-11(2)16/h3,5,7-9,11H,4,6,16H2,1-2H3,(H,17,18)(H,19,20). The molecule has 20 heavy (non-hydrogen) atoms. The molecule has 1 aromatic carbocycles. The summed E-state index contributed by atoms with van der Waals surface area (Å²) in [6, 6.07) is 5.92. The number of aryl methyl sites for hydroxylation is 1. The van der Waals surface area contributed by atoms with E-state index < -0.39 is 0 Å². The highest BCUT2D eigenvalue weighted by atomic mass is 16.1. The molecular formula is C15H20N4O. The lowest BCUT2D eigenvalue weighted by molar-refractivity contribution is -0.116. The van der Waals surface area contributed by atoms with Gasteiger partial charge < -0.3 is 16.0 Å². The summed E-state index contributed by atoms with van der Waals surface area (Å²) in [7, 11) is 0. The van der Waals surface area contributed by atoms with Gasteiger partial charge in [-0.1, -0.05) is 12.1 Å². The molecule has 0 radical (unpaired) electrons. The molecule has 1 amide bonds. The predicted octanol–water partition coefficient (Wildman–Crippen LogP) is 2.45. The molecule has 0 spiro atoms. The van der Waals surface area contributed by atoms with Gasteiger partial charge in [-0.2, -0.15) is 0 Å². The first kappa shape index (κ1) is 14.3. The van der Waals surface area contributed by atoms with Gasteiger partial charge in [0.2, 0.25) is 5.91 Å². The van der Waals surface area contributed by atoms with E-state index >= 15 is 0 Å². The number of nitrogens with one attached hydrogen (secondary N) is 2. The van der Waals surface area contributed by atoms with Gasteiger partial charge in [0.1, 0.15) is 5.82 Å². The molecule has 1 atom stereocenters. The second-order valence-corrected chi connectivity index (χ2v) is 5.03. The highest BCUT2D eigenvalue weighted by molar-refractivity contribution is 5.92. The summed E-state index contributed by atoms with van der Waals surface area (Å²) in [6.07, 6.45) is 4.59. The van der Waals surface area contributed by atoms with Crippen LogP contribution in [0.25, 0.3) is 11.4 Å². The molecule has 106 valence electrons. The number of hydrogen-bond donors (Lipinski definition) is 3. The van der Waals surface area contributed by atoms with Crippen LogP contribution in [0.1, 0.15) is 25.3 Å². The number of carbonyl (C=O) groups is 1. The van der Waals surface area contributed by atoms with E-state index in [0.717, 1.165) is 22.6 Å². The first-order valence-electron chi connectivity index (χ1n) is 6.72. The normalized spacial score (nSPS) is 12.2. The van der Waals surface area contributed by atoms with Gasteiger partial charge >= 0.3 is 0 Å². The molecule has 0 aliphatic rings. The number of nitrogens with zero attached hydrogens (tertiary/aromatic N) is 1. The summed E-state index contributed by atoms with van der Waals surface area (Å²) in [5.74, 6) is 0.776. The number of benzene rings is 1.